The van der Waals surface area contributed by atoms with Crippen LogP contribution in [0.2, 0.25) is 0 Å². The summed E-state index contributed by atoms with van der Waals surface area (Å²) < 4.78 is 11.3. The van der Waals surface area contributed by atoms with Gasteiger partial charge in [0.2, 0.25) is 0 Å². The number of likely N-dealkylation sites (tertiary alicyclic amines) is 1. The molecule has 0 aliphatic carbocycles. The molecule has 0 amide bonds. The molecule has 2 rings (SSSR count). The third kappa shape index (κ3) is 6.69. The van der Waals surface area contributed by atoms with E-state index in [1.807, 2.05) is 18.2 Å². The number of rotatable bonds is 10. The average molecular weight is 376 g/mol. The van der Waals surface area contributed by atoms with Gasteiger partial charge in [0.05, 0.1) is 13.2 Å². The Kier molecular flexibility index (Phi) is 8.86. The Balaban J connectivity index is 1.89. The number of ether oxygens (including phenoxy) is 2. The lowest BCUT2D eigenvalue weighted by atomic mass is 9.98. The summed E-state index contributed by atoms with van der Waals surface area (Å²) in [4.78, 5) is 4.54. The van der Waals surface area contributed by atoms with Crippen LogP contribution in [-0.2, 0) is 6.54 Å². The predicted molar refractivity (Wildman–Crippen MR) is 106 cm³/mol. The van der Waals surface area contributed by atoms with Crippen LogP contribution in [0.15, 0.2) is 18.2 Å². The Morgan fingerprint density at radius 2 is 1.96 bits per heavy atom. The normalized spacial score (nSPS) is 16.9. The summed E-state index contributed by atoms with van der Waals surface area (Å²) in [7, 11) is 1.64. The van der Waals surface area contributed by atoms with E-state index in [2.05, 4.69) is 29.7 Å². The van der Waals surface area contributed by atoms with Gasteiger partial charge < -0.3 is 19.5 Å². The molecule has 27 heavy (non-hydrogen) atoms. The predicted octanol–water partition coefficient (Wildman–Crippen LogP) is 2.51. The van der Waals surface area contributed by atoms with E-state index in [1.54, 1.807) is 7.11 Å². The van der Waals surface area contributed by atoms with Gasteiger partial charge in [0.25, 0.3) is 0 Å². The van der Waals surface area contributed by atoms with Crippen LogP contribution in [-0.4, -0.2) is 67.5 Å². The molecule has 0 unspecified atom stereocenters. The highest BCUT2D eigenvalue weighted by Gasteiger charge is 2.19. The Morgan fingerprint density at radius 3 is 2.56 bits per heavy atom. The zero-order chi connectivity index (χ0) is 19.6. The molecule has 1 saturated heterocycles. The van der Waals surface area contributed by atoms with E-state index >= 15 is 0 Å². The Hall–Kier alpha value is -1.81. The smallest absolute Gasteiger partial charge is 0.161 e. The van der Waals surface area contributed by atoms with Gasteiger partial charge in [-0.05, 0) is 56.7 Å². The van der Waals surface area contributed by atoms with Crippen LogP contribution in [0.25, 0.3) is 0 Å². The van der Waals surface area contributed by atoms with Gasteiger partial charge in [0.15, 0.2) is 11.5 Å². The van der Waals surface area contributed by atoms with Crippen molar-refractivity contribution in [2.24, 2.45) is 5.92 Å². The molecule has 6 nitrogen and oxygen atoms in total. The van der Waals surface area contributed by atoms with Crippen LogP contribution in [0, 0.1) is 17.2 Å². The fourth-order valence-electron chi connectivity index (χ4n) is 3.43. The molecule has 1 heterocycles. The average Bonchev–Trinajstić information content (AvgIpc) is 2.71. The maximum Gasteiger partial charge on any atom is 0.161 e. The summed E-state index contributed by atoms with van der Waals surface area (Å²) in [5.41, 5.74) is 1.17. The van der Waals surface area contributed by atoms with Gasteiger partial charge in [0.1, 0.15) is 12.7 Å². The number of benzene rings is 1. The molecular weight excluding hydrogens is 342 g/mol. The number of likely N-dealkylation sites (N-methyl/N-ethyl adjacent to an activating group) is 1. The molecule has 0 bridgehead atoms. The van der Waals surface area contributed by atoms with Crippen LogP contribution in [0.5, 0.6) is 11.5 Å². The first-order chi connectivity index (χ1) is 13.1. The second-order valence-corrected chi connectivity index (χ2v) is 7.12. The van der Waals surface area contributed by atoms with Crippen molar-refractivity contribution in [3.05, 3.63) is 23.8 Å². The van der Waals surface area contributed by atoms with Crippen molar-refractivity contribution in [2.45, 2.75) is 39.3 Å². The Morgan fingerprint density at radius 1 is 1.26 bits per heavy atom. The van der Waals surface area contributed by atoms with Gasteiger partial charge in [0, 0.05) is 19.0 Å². The van der Waals surface area contributed by atoms with Gasteiger partial charge >= 0.3 is 0 Å². The van der Waals surface area contributed by atoms with E-state index in [-0.39, 0.29) is 12.5 Å². The Bertz CT molecular complexity index is 605. The van der Waals surface area contributed by atoms with E-state index in [1.165, 1.54) is 5.56 Å². The number of aliphatic hydroxyl groups excluding tert-OH is 1. The highest BCUT2D eigenvalue weighted by molar-refractivity contribution is 5.43. The molecule has 0 radical (unpaired) electrons. The van der Waals surface area contributed by atoms with Gasteiger partial charge in [-0.25, -0.2) is 0 Å². The third-order valence-electron chi connectivity index (χ3n) is 5.20. The maximum absolute atomic E-state index is 10.2. The molecule has 150 valence electrons. The lowest BCUT2D eigenvalue weighted by Crippen LogP contribution is -2.35. The largest absolute Gasteiger partial charge is 0.493 e. The number of piperidine rings is 1. The highest BCUT2D eigenvalue weighted by Crippen LogP contribution is 2.29. The molecule has 1 aromatic rings. The fourth-order valence-corrected chi connectivity index (χ4v) is 3.43. The first-order valence-electron chi connectivity index (χ1n) is 9.91. The number of aliphatic hydroxyl groups is 1. The second-order valence-electron chi connectivity index (χ2n) is 7.12. The van der Waals surface area contributed by atoms with Crippen molar-refractivity contribution < 1.29 is 14.6 Å². The number of hydrogen-bond donors (Lipinski definition) is 1. The van der Waals surface area contributed by atoms with Crippen molar-refractivity contribution in [1.29, 1.82) is 5.26 Å². The molecular formula is C21H33N3O3. The fraction of sp³-hybridized carbons (Fsp3) is 0.667. The summed E-state index contributed by atoms with van der Waals surface area (Å²) in [5, 5.41) is 19.2. The SMILES string of the molecule is CCN(CC)C[C@@H](O)COc1ccc(CN2CCC(C#N)CC2)cc1OC. The molecule has 1 fully saturated rings. The van der Waals surface area contributed by atoms with Crippen LogP contribution in [0.3, 0.4) is 0 Å². The van der Waals surface area contributed by atoms with Crippen molar-refractivity contribution in [2.75, 3.05) is 46.4 Å². The summed E-state index contributed by atoms with van der Waals surface area (Å²) in [5.74, 6) is 1.55. The van der Waals surface area contributed by atoms with Crippen LogP contribution in [0.1, 0.15) is 32.3 Å². The minimum absolute atomic E-state index is 0.203. The maximum atomic E-state index is 10.2. The molecule has 1 aliphatic rings. The molecule has 1 N–H and O–H groups in total. The minimum Gasteiger partial charge on any atom is -0.493 e. The molecule has 1 atom stereocenters. The Labute approximate surface area is 163 Å². The van der Waals surface area contributed by atoms with E-state index in [0.717, 1.165) is 45.6 Å². The zero-order valence-corrected chi connectivity index (χ0v) is 16.9. The van der Waals surface area contributed by atoms with E-state index < -0.39 is 6.10 Å². The number of nitriles is 1. The van der Waals surface area contributed by atoms with Crippen LogP contribution in [0.4, 0.5) is 0 Å². The van der Waals surface area contributed by atoms with Gasteiger partial charge in [-0.3, -0.25) is 4.90 Å². The standard InChI is InChI=1S/C21H33N3O3/c1-4-23(5-2)15-19(25)16-27-20-7-6-18(12-21(20)26-3)14-24-10-8-17(13-22)9-11-24/h6-7,12,17,19,25H,4-5,8-11,14-16H2,1-3H3/t19-/m1/s1. The number of methoxy groups -OCH3 is 1. The summed E-state index contributed by atoms with van der Waals surface area (Å²) in [6.07, 6.45) is 1.36. The van der Waals surface area contributed by atoms with E-state index in [4.69, 9.17) is 14.7 Å². The zero-order valence-electron chi connectivity index (χ0n) is 16.9. The molecule has 1 aliphatic heterocycles. The van der Waals surface area contributed by atoms with Crippen molar-refractivity contribution >= 4 is 0 Å². The van der Waals surface area contributed by atoms with Crippen LogP contribution < -0.4 is 9.47 Å². The topological polar surface area (TPSA) is 69.0 Å². The molecule has 0 spiro atoms. The third-order valence-corrected chi connectivity index (χ3v) is 5.20. The summed E-state index contributed by atoms with van der Waals surface area (Å²) >= 11 is 0. The first-order valence-corrected chi connectivity index (χ1v) is 9.91. The summed E-state index contributed by atoms with van der Waals surface area (Å²) in [6.45, 7) is 9.60. The van der Waals surface area contributed by atoms with Crippen molar-refractivity contribution in [1.82, 2.24) is 9.80 Å². The molecule has 0 aromatic heterocycles. The van der Waals surface area contributed by atoms with E-state index in [9.17, 15) is 5.11 Å². The minimum atomic E-state index is -0.532. The molecule has 1 aromatic carbocycles. The first kappa shape index (κ1) is 21.5. The second kappa shape index (κ2) is 11.1. The quantitative estimate of drug-likeness (QED) is 0.678. The highest BCUT2D eigenvalue weighted by atomic mass is 16.5. The van der Waals surface area contributed by atoms with Gasteiger partial charge in [-0.15, -0.1) is 0 Å². The molecule has 6 heteroatoms. The van der Waals surface area contributed by atoms with Gasteiger partial charge in [-0.1, -0.05) is 19.9 Å². The van der Waals surface area contributed by atoms with E-state index in [0.29, 0.717) is 18.0 Å². The monoisotopic (exact) mass is 375 g/mol. The van der Waals surface area contributed by atoms with Gasteiger partial charge in [-0.2, -0.15) is 5.26 Å². The lowest BCUT2D eigenvalue weighted by Gasteiger charge is -2.29. The van der Waals surface area contributed by atoms with Crippen LogP contribution >= 0.6 is 0 Å². The molecule has 0 saturated carbocycles. The van der Waals surface area contributed by atoms with Crippen molar-refractivity contribution in [3.8, 4) is 17.6 Å². The van der Waals surface area contributed by atoms with Crippen molar-refractivity contribution in [3.63, 3.8) is 0 Å². The number of nitrogens with zero attached hydrogens (tertiary/aromatic N) is 3. The lowest BCUT2D eigenvalue weighted by molar-refractivity contribution is 0.0705. The summed E-state index contributed by atoms with van der Waals surface area (Å²) in [6, 6.07) is 8.34. The number of hydrogen-bond acceptors (Lipinski definition) is 6.